The molecule has 0 unspecified atom stereocenters. The first-order valence-corrected chi connectivity index (χ1v) is 6.57. The van der Waals surface area contributed by atoms with Crippen LogP contribution >= 0.6 is 11.8 Å². The van der Waals surface area contributed by atoms with E-state index in [-0.39, 0.29) is 0 Å². The van der Waals surface area contributed by atoms with E-state index < -0.39 is 0 Å². The fourth-order valence-electron chi connectivity index (χ4n) is 1.89. The fourth-order valence-corrected chi connectivity index (χ4v) is 2.87. The number of aromatic amines is 1. The zero-order valence-corrected chi connectivity index (χ0v) is 10.6. The SMILES string of the molecule is NCc1ccncc1Sc1cc2ccccc2[nH]1. The van der Waals surface area contributed by atoms with Gasteiger partial charge in [-0.25, -0.2) is 0 Å². The maximum atomic E-state index is 5.73. The van der Waals surface area contributed by atoms with E-state index in [1.807, 2.05) is 24.4 Å². The van der Waals surface area contributed by atoms with Crippen LogP contribution in [-0.2, 0) is 6.54 Å². The standard InChI is InChI=1S/C14H13N3S/c15-8-11-5-6-16-9-13(11)18-14-7-10-3-1-2-4-12(10)17-14/h1-7,9,17H,8,15H2. The minimum Gasteiger partial charge on any atom is -0.349 e. The van der Waals surface area contributed by atoms with Crippen molar-refractivity contribution in [3.63, 3.8) is 0 Å². The van der Waals surface area contributed by atoms with Crippen molar-refractivity contribution < 1.29 is 0 Å². The van der Waals surface area contributed by atoms with Crippen LogP contribution in [-0.4, -0.2) is 9.97 Å². The maximum absolute atomic E-state index is 5.73. The number of nitrogens with two attached hydrogens (primary N) is 1. The Morgan fingerprint density at radius 3 is 2.94 bits per heavy atom. The number of benzene rings is 1. The molecule has 3 aromatic rings. The Hall–Kier alpha value is -1.78. The summed E-state index contributed by atoms with van der Waals surface area (Å²) < 4.78 is 0. The van der Waals surface area contributed by atoms with Gasteiger partial charge in [0.15, 0.2) is 0 Å². The molecule has 0 atom stereocenters. The summed E-state index contributed by atoms with van der Waals surface area (Å²) in [6, 6.07) is 12.4. The van der Waals surface area contributed by atoms with E-state index in [1.165, 1.54) is 5.39 Å². The molecule has 0 amide bonds. The third kappa shape index (κ3) is 2.12. The van der Waals surface area contributed by atoms with Crippen LogP contribution < -0.4 is 5.73 Å². The Morgan fingerprint density at radius 2 is 2.11 bits per heavy atom. The molecule has 90 valence electrons. The van der Waals surface area contributed by atoms with Gasteiger partial charge in [0, 0.05) is 34.7 Å². The van der Waals surface area contributed by atoms with Crippen LogP contribution in [0.5, 0.6) is 0 Å². The monoisotopic (exact) mass is 255 g/mol. The number of H-pyrrole nitrogens is 1. The first kappa shape index (κ1) is 11.3. The number of fused-ring (bicyclic) bond motifs is 1. The van der Waals surface area contributed by atoms with E-state index in [1.54, 1.807) is 18.0 Å². The lowest BCUT2D eigenvalue weighted by Gasteiger charge is -2.04. The molecule has 0 aliphatic carbocycles. The van der Waals surface area contributed by atoms with Gasteiger partial charge in [-0.15, -0.1) is 0 Å². The van der Waals surface area contributed by atoms with Gasteiger partial charge >= 0.3 is 0 Å². The lowest BCUT2D eigenvalue weighted by molar-refractivity contribution is 1.00. The Kier molecular flexibility index (Phi) is 3.04. The van der Waals surface area contributed by atoms with Crippen molar-refractivity contribution in [3.05, 3.63) is 54.4 Å². The highest BCUT2D eigenvalue weighted by Gasteiger charge is 2.05. The molecule has 3 N–H and O–H groups in total. The number of hydrogen-bond acceptors (Lipinski definition) is 3. The van der Waals surface area contributed by atoms with E-state index in [2.05, 4.69) is 28.2 Å². The molecule has 0 aliphatic heterocycles. The van der Waals surface area contributed by atoms with Crippen LogP contribution in [0.25, 0.3) is 10.9 Å². The van der Waals surface area contributed by atoms with Crippen molar-refractivity contribution in [3.8, 4) is 0 Å². The second kappa shape index (κ2) is 4.84. The number of rotatable bonds is 3. The molecule has 3 nitrogen and oxygen atoms in total. The van der Waals surface area contributed by atoms with Gasteiger partial charge < -0.3 is 10.7 Å². The molecule has 3 rings (SSSR count). The molecule has 18 heavy (non-hydrogen) atoms. The predicted octanol–water partition coefficient (Wildman–Crippen LogP) is 3.17. The second-order valence-corrected chi connectivity index (χ2v) is 5.09. The summed E-state index contributed by atoms with van der Waals surface area (Å²) >= 11 is 1.67. The highest BCUT2D eigenvalue weighted by atomic mass is 32.2. The van der Waals surface area contributed by atoms with Crippen molar-refractivity contribution in [2.24, 2.45) is 5.73 Å². The molecule has 1 aromatic carbocycles. The van der Waals surface area contributed by atoms with Gasteiger partial charge in [0.1, 0.15) is 0 Å². The average molecular weight is 255 g/mol. The van der Waals surface area contributed by atoms with Crippen molar-refractivity contribution in [2.45, 2.75) is 16.5 Å². The summed E-state index contributed by atoms with van der Waals surface area (Å²) in [5, 5.41) is 2.33. The second-order valence-electron chi connectivity index (χ2n) is 4.01. The van der Waals surface area contributed by atoms with Crippen LogP contribution in [0.4, 0.5) is 0 Å². The number of nitrogens with zero attached hydrogens (tertiary/aromatic N) is 1. The van der Waals surface area contributed by atoms with Crippen molar-refractivity contribution in [1.82, 2.24) is 9.97 Å². The summed E-state index contributed by atoms with van der Waals surface area (Å²) in [6.07, 6.45) is 3.63. The molecular weight excluding hydrogens is 242 g/mol. The summed E-state index contributed by atoms with van der Waals surface area (Å²) in [7, 11) is 0. The van der Waals surface area contributed by atoms with E-state index in [4.69, 9.17) is 5.73 Å². The molecule has 2 aromatic heterocycles. The Morgan fingerprint density at radius 1 is 1.22 bits per heavy atom. The van der Waals surface area contributed by atoms with Crippen LogP contribution in [0.15, 0.2) is 58.7 Å². The van der Waals surface area contributed by atoms with Crippen molar-refractivity contribution >= 4 is 22.7 Å². The van der Waals surface area contributed by atoms with Gasteiger partial charge in [-0.2, -0.15) is 0 Å². The molecule has 0 radical (unpaired) electrons. The zero-order chi connectivity index (χ0) is 12.4. The highest BCUT2D eigenvalue weighted by Crippen LogP contribution is 2.31. The molecule has 0 saturated carbocycles. The van der Waals surface area contributed by atoms with Gasteiger partial charge in [0.2, 0.25) is 0 Å². The fraction of sp³-hybridized carbons (Fsp3) is 0.0714. The smallest absolute Gasteiger partial charge is 0.0781 e. The maximum Gasteiger partial charge on any atom is 0.0781 e. The Labute approximate surface area is 109 Å². The van der Waals surface area contributed by atoms with E-state index in [0.29, 0.717) is 6.54 Å². The van der Waals surface area contributed by atoms with Crippen molar-refractivity contribution in [1.29, 1.82) is 0 Å². The Bertz CT molecular complexity index is 642. The van der Waals surface area contributed by atoms with Gasteiger partial charge in [-0.3, -0.25) is 4.98 Å². The largest absolute Gasteiger partial charge is 0.349 e. The molecule has 0 spiro atoms. The summed E-state index contributed by atoms with van der Waals surface area (Å²) in [6.45, 7) is 0.533. The number of pyridine rings is 1. The number of para-hydroxylation sites is 1. The minimum absolute atomic E-state index is 0.533. The van der Waals surface area contributed by atoms with E-state index in [9.17, 15) is 0 Å². The van der Waals surface area contributed by atoms with Gasteiger partial charge in [-0.05, 0) is 23.8 Å². The number of hydrogen-bond donors (Lipinski definition) is 2. The first-order chi connectivity index (χ1) is 8.86. The van der Waals surface area contributed by atoms with Gasteiger partial charge in [0.05, 0.1) is 5.03 Å². The lowest BCUT2D eigenvalue weighted by Crippen LogP contribution is -1.98. The first-order valence-electron chi connectivity index (χ1n) is 5.75. The molecule has 0 fully saturated rings. The summed E-state index contributed by atoms with van der Waals surface area (Å²) in [4.78, 5) is 8.65. The number of nitrogens with one attached hydrogen (secondary N) is 1. The van der Waals surface area contributed by atoms with Crippen molar-refractivity contribution in [2.75, 3.05) is 0 Å². The lowest BCUT2D eigenvalue weighted by atomic mass is 10.3. The summed E-state index contributed by atoms with van der Waals surface area (Å²) in [5.74, 6) is 0. The third-order valence-corrected chi connectivity index (χ3v) is 3.84. The topological polar surface area (TPSA) is 54.7 Å². The predicted molar refractivity (Wildman–Crippen MR) is 74.6 cm³/mol. The van der Waals surface area contributed by atoms with Crippen LogP contribution in [0.1, 0.15) is 5.56 Å². The summed E-state index contributed by atoms with van der Waals surface area (Å²) in [5.41, 5.74) is 8.00. The van der Waals surface area contributed by atoms with Crippen LogP contribution in [0.3, 0.4) is 0 Å². The highest BCUT2D eigenvalue weighted by molar-refractivity contribution is 7.99. The van der Waals surface area contributed by atoms with Gasteiger partial charge in [0.25, 0.3) is 0 Å². The molecule has 4 heteroatoms. The van der Waals surface area contributed by atoms with E-state index in [0.717, 1.165) is 21.0 Å². The Balaban J connectivity index is 1.96. The molecule has 0 bridgehead atoms. The molecule has 2 heterocycles. The molecular formula is C14H13N3S. The minimum atomic E-state index is 0.533. The average Bonchev–Trinajstić information content (AvgIpc) is 2.81. The normalized spacial score (nSPS) is 10.9. The number of aromatic nitrogens is 2. The third-order valence-electron chi connectivity index (χ3n) is 2.82. The van der Waals surface area contributed by atoms with Crippen LogP contribution in [0, 0.1) is 0 Å². The van der Waals surface area contributed by atoms with Crippen LogP contribution in [0.2, 0.25) is 0 Å². The molecule has 0 saturated heterocycles. The zero-order valence-electron chi connectivity index (χ0n) is 9.76. The molecule has 0 aliphatic rings. The van der Waals surface area contributed by atoms with Gasteiger partial charge in [-0.1, -0.05) is 30.0 Å². The van der Waals surface area contributed by atoms with E-state index >= 15 is 0 Å². The quantitative estimate of drug-likeness (QED) is 0.755.